The monoisotopic (exact) mass is 459 g/mol. The lowest BCUT2D eigenvalue weighted by Gasteiger charge is -2.40. The highest BCUT2D eigenvalue weighted by molar-refractivity contribution is 5.88. The van der Waals surface area contributed by atoms with Crippen LogP contribution in [0.25, 0.3) is 11.0 Å². The summed E-state index contributed by atoms with van der Waals surface area (Å²) in [6.45, 7) is 5.88. The minimum absolute atomic E-state index is 0.0110. The van der Waals surface area contributed by atoms with Crippen LogP contribution in [0.2, 0.25) is 0 Å². The molecule has 2 fully saturated rings. The van der Waals surface area contributed by atoms with Crippen LogP contribution in [0.1, 0.15) is 22.9 Å². The van der Waals surface area contributed by atoms with Gasteiger partial charge in [0.15, 0.2) is 0 Å². The van der Waals surface area contributed by atoms with Gasteiger partial charge in [0.05, 0.1) is 30.7 Å². The number of hydrogen-bond acceptors (Lipinski definition) is 6. The molecule has 0 aliphatic carbocycles. The van der Waals surface area contributed by atoms with Crippen molar-refractivity contribution in [2.75, 3.05) is 38.2 Å². The van der Waals surface area contributed by atoms with Gasteiger partial charge in [0.2, 0.25) is 0 Å². The molecule has 2 N–H and O–H groups in total. The van der Waals surface area contributed by atoms with Gasteiger partial charge in [-0.15, -0.1) is 0 Å². The maximum Gasteiger partial charge on any atom is 0.431 e. The van der Waals surface area contributed by atoms with E-state index in [2.05, 4.69) is 25.2 Å². The lowest BCUT2D eigenvalue weighted by atomic mass is 9.94. The first-order valence-electron chi connectivity index (χ1n) is 11.1. The van der Waals surface area contributed by atoms with Crippen molar-refractivity contribution in [2.24, 2.45) is 11.8 Å². The summed E-state index contributed by atoms with van der Waals surface area (Å²) in [5, 5.41) is 3.78. The Labute approximate surface area is 188 Å². The van der Waals surface area contributed by atoms with Crippen LogP contribution in [0.3, 0.4) is 0 Å². The molecular weight excluding hydrogens is 435 g/mol. The molecule has 2 aromatic heterocycles. The third kappa shape index (κ3) is 3.61. The van der Waals surface area contributed by atoms with Crippen LogP contribution in [0.15, 0.2) is 30.6 Å². The Balaban J connectivity index is 1.38. The Morgan fingerprint density at radius 1 is 1.09 bits per heavy atom. The van der Waals surface area contributed by atoms with Crippen molar-refractivity contribution < 1.29 is 22.6 Å². The molecule has 7 nitrogen and oxygen atoms in total. The fourth-order valence-corrected chi connectivity index (χ4v) is 5.34. The first kappa shape index (κ1) is 20.7. The van der Waals surface area contributed by atoms with Crippen LogP contribution < -0.4 is 10.1 Å². The number of hydrogen-bond donors (Lipinski definition) is 2. The predicted octanol–water partition coefficient (Wildman–Crippen LogP) is 3.78. The standard InChI is InChI=1S/C23H24F3N5O2/c1-12-2-3-15-18(4-12)33-10-17(31-6-13-8-32-9-14(13)7-31)20(15)30-22-16-5-19(23(24,25)26)29-21(16)27-11-28-22/h2-5,11,13-14,17,20H,6-10H2,1H3,(H2,27,28,29,30)/t13-,14-,17-,20-/m0/s1. The Morgan fingerprint density at radius 2 is 1.88 bits per heavy atom. The molecule has 3 aromatic rings. The van der Waals surface area contributed by atoms with E-state index in [9.17, 15) is 13.2 Å². The maximum absolute atomic E-state index is 13.3. The van der Waals surface area contributed by atoms with E-state index in [1.54, 1.807) is 0 Å². The lowest BCUT2D eigenvalue weighted by Crippen LogP contribution is -2.48. The van der Waals surface area contributed by atoms with Crippen molar-refractivity contribution >= 4 is 16.9 Å². The van der Waals surface area contributed by atoms with Crippen molar-refractivity contribution in [1.82, 2.24) is 19.9 Å². The van der Waals surface area contributed by atoms with Crippen LogP contribution in [0.5, 0.6) is 5.75 Å². The van der Waals surface area contributed by atoms with Gasteiger partial charge < -0.3 is 19.8 Å². The zero-order valence-corrected chi connectivity index (χ0v) is 18.0. The molecule has 0 unspecified atom stereocenters. The van der Waals surface area contributed by atoms with E-state index in [1.807, 2.05) is 25.1 Å². The Morgan fingerprint density at radius 3 is 2.64 bits per heavy atom. The number of nitrogens with zero attached hydrogens (tertiary/aromatic N) is 3. The van der Waals surface area contributed by atoms with Crippen molar-refractivity contribution in [1.29, 1.82) is 0 Å². The second-order valence-corrected chi connectivity index (χ2v) is 9.22. The highest BCUT2D eigenvalue weighted by atomic mass is 19.4. The van der Waals surface area contributed by atoms with Crippen LogP contribution in [0.4, 0.5) is 19.0 Å². The minimum Gasteiger partial charge on any atom is -0.491 e. The van der Waals surface area contributed by atoms with Gasteiger partial charge in [-0.3, -0.25) is 4.90 Å². The number of benzene rings is 1. The fourth-order valence-electron chi connectivity index (χ4n) is 5.34. The molecule has 5 heterocycles. The fraction of sp³-hybridized carbons (Fsp3) is 0.478. The Kier molecular flexibility index (Phi) is 4.77. The molecule has 0 spiro atoms. The van der Waals surface area contributed by atoms with Crippen LogP contribution in [0, 0.1) is 18.8 Å². The number of aryl methyl sites for hydroxylation is 1. The molecule has 174 valence electrons. The van der Waals surface area contributed by atoms with Crippen molar-refractivity contribution in [3.63, 3.8) is 0 Å². The first-order valence-corrected chi connectivity index (χ1v) is 11.1. The number of aromatic nitrogens is 3. The lowest BCUT2D eigenvalue weighted by molar-refractivity contribution is -0.140. The summed E-state index contributed by atoms with van der Waals surface area (Å²) in [7, 11) is 0. The molecule has 3 aliphatic rings. The zero-order chi connectivity index (χ0) is 22.7. The van der Waals surface area contributed by atoms with Gasteiger partial charge in [0, 0.05) is 30.5 Å². The Bertz CT molecular complexity index is 1180. The number of likely N-dealkylation sites (tertiary alicyclic amines) is 1. The number of anilines is 1. The maximum atomic E-state index is 13.3. The zero-order valence-electron chi connectivity index (χ0n) is 18.0. The second-order valence-electron chi connectivity index (χ2n) is 9.22. The highest BCUT2D eigenvalue weighted by Gasteiger charge is 2.44. The summed E-state index contributed by atoms with van der Waals surface area (Å²) in [5.41, 5.74) is 1.38. The smallest absolute Gasteiger partial charge is 0.431 e. The molecular formula is C23H24F3N5O2. The summed E-state index contributed by atoms with van der Waals surface area (Å²) in [6, 6.07) is 6.94. The summed E-state index contributed by atoms with van der Waals surface area (Å²) >= 11 is 0. The summed E-state index contributed by atoms with van der Waals surface area (Å²) in [6.07, 6.45) is -3.21. The summed E-state index contributed by atoms with van der Waals surface area (Å²) < 4.78 is 51.7. The molecule has 3 aliphatic heterocycles. The van der Waals surface area contributed by atoms with Crippen molar-refractivity contribution in [3.05, 3.63) is 47.4 Å². The van der Waals surface area contributed by atoms with Gasteiger partial charge >= 0.3 is 6.18 Å². The van der Waals surface area contributed by atoms with Crippen molar-refractivity contribution in [3.8, 4) is 5.75 Å². The number of alkyl halides is 3. The van der Waals surface area contributed by atoms with Gasteiger partial charge in [0.25, 0.3) is 0 Å². The van der Waals surface area contributed by atoms with Gasteiger partial charge in [-0.1, -0.05) is 12.1 Å². The molecule has 0 saturated carbocycles. The molecule has 10 heteroatoms. The predicted molar refractivity (Wildman–Crippen MR) is 115 cm³/mol. The van der Waals surface area contributed by atoms with E-state index in [0.29, 0.717) is 29.6 Å². The largest absolute Gasteiger partial charge is 0.491 e. The molecule has 2 saturated heterocycles. The van der Waals surface area contributed by atoms with Gasteiger partial charge in [-0.05, 0) is 24.6 Å². The number of halogens is 3. The quantitative estimate of drug-likeness (QED) is 0.621. The van der Waals surface area contributed by atoms with Crippen LogP contribution >= 0.6 is 0 Å². The van der Waals surface area contributed by atoms with Gasteiger partial charge in [-0.2, -0.15) is 13.2 Å². The van der Waals surface area contributed by atoms with Gasteiger partial charge in [0.1, 0.15) is 35.8 Å². The number of ether oxygens (including phenoxy) is 2. The summed E-state index contributed by atoms with van der Waals surface area (Å²) in [5.74, 6) is 2.18. The molecule has 6 rings (SSSR count). The van der Waals surface area contributed by atoms with Crippen LogP contribution in [-0.2, 0) is 10.9 Å². The number of rotatable bonds is 3. The van der Waals surface area contributed by atoms with Crippen molar-refractivity contribution in [2.45, 2.75) is 25.2 Å². The molecule has 33 heavy (non-hydrogen) atoms. The minimum atomic E-state index is -4.49. The van der Waals surface area contributed by atoms with E-state index in [1.165, 1.54) is 6.33 Å². The first-order chi connectivity index (χ1) is 15.9. The number of H-pyrrole nitrogens is 1. The Hall–Kier alpha value is -2.85. The second kappa shape index (κ2) is 7.59. The topological polar surface area (TPSA) is 75.3 Å². The molecule has 0 radical (unpaired) electrons. The van der Waals surface area contributed by atoms with E-state index in [-0.39, 0.29) is 17.7 Å². The average Bonchev–Trinajstić information content (AvgIpc) is 3.48. The van der Waals surface area contributed by atoms with E-state index >= 15 is 0 Å². The highest BCUT2D eigenvalue weighted by Crippen LogP contribution is 2.41. The normalized spacial score (nSPS) is 27.4. The van der Waals surface area contributed by atoms with Gasteiger partial charge in [-0.25, -0.2) is 9.97 Å². The van der Waals surface area contributed by atoms with E-state index in [0.717, 1.165) is 49.2 Å². The van der Waals surface area contributed by atoms with E-state index < -0.39 is 11.9 Å². The molecule has 1 aromatic carbocycles. The summed E-state index contributed by atoms with van der Waals surface area (Å²) in [4.78, 5) is 13.1. The third-order valence-electron chi connectivity index (χ3n) is 7.06. The third-order valence-corrected chi connectivity index (χ3v) is 7.06. The average molecular weight is 459 g/mol. The molecule has 0 amide bonds. The molecule has 4 atom stereocenters. The number of aromatic amines is 1. The van der Waals surface area contributed by atoms with Crippen LogP contribution in [-0.4, -0.2) is 58.8 Å². The van der Waals surface area contributed by atoms with E-state index in [4.69, 9.17) is 9.47 Å². The molecule has 0 bridgehead atoms. The SMILES string of the molecule is Cc1ccc2c(c1)OC[C@H](N1C[C@H]3COC[C@@H]3C1)[C@H]2Nc1ncnc2[nH]c(C(F)(F)F)cc12. The number of nitrogens with one attached hydrogen (secondary N) is 2. The number of fused-ring (bicyclic) bond motifs is 3.